The lowest BCUT2D eigenvalue weighted by atomic mass is 9.75. The average Bonchev–Trinajstić information content (AvgIpc) is 3.16. The molecule has 0 bridgehead atoms. The Bertz CT molecular complexity index is 861. The maximum Gasteiger partial charge on any atom is 0.255 e. The van der Waals surface area contributed by atoms with E-state index in [-0.39, 0.29) is 24.1 Å². The molecule has 2 saturated heterocycles. The summed E-state index contributed by atoms with van der Waals surface area (Å²) in [6, 6.07) is 5.83. The van der Waals surface area contributed by atoms with E-state index in [4.69, 9.17) is 5.73 Å². The number of nitrogens with two attached hydrogens (primary N) is 1. The summed E-state index contributed by atoms with van der Waals surface area (Å²) in [6.45, 7) is 3.35. The molecule has 3 N–H and O–H groups in total. The Morgan fingerprint density at radius 3 is 2.71 bits per heavy atom. The fraction of sp³-hybridized carbons (Fsp3) is 0.571. The van der Waals surface area contributed by atoms with Gasteiger partial charge in [-0.25, -0.2) is 0 Å². The van der Waals surface area contributed by atoms with Crippen LogP contribution in [-0.4, -0.2) is 52.7 Å². The van der Waals surface area contributed by atoms with Crippen molar-refractivity contribution in [2.75, 3.05) is 13.1 Å². The first-order valence-electron chi connectivity index (χ1n) is 10.2. The number of carbonyl (C=O) groups excluding carboxylic acids is 3. The Kier molecular flexibility index (Phi) is 4.07. The lowest BCUT2D eigenvalue weighted by Crippen LogP contribution is -2.61. The third-order valence-corrected chi connectivity index (χ3v) is 7.05. The number of amides is 3. The van der Waals surface area contributed by atoms with Crippen molar-refractivity contribution in [1.29, 1.82) is 0 Å². The van der Waals surface area contributed by atoms with Crippen molar-refractivity contribution in [3.8, 4) is 0 Å². The Morgan fingerprint density at radius 1 is 1.18 bits per heavy atom. The first-order chi connectivity index (χ1) is 13.4. The van der Waals surface area contributed by atoms with Crippen LogP contribution < -0.4 is 11.1 Å². The number of fused-ring (bicyclic) bond motifs is 1. The van der Waals surface area contributed by atoms with E-state index in [1.165, 1.54) is 12.8 Å². The molecular formula is C21H26N4O3. The van der Waals surface area contributed by atoms with E-state index in [1.807, 2.05) is 12.1 Å². The number of nitrogens with zero attached hydrogens (tertiary/aromatic N) is 2. The second-order valence-electron chi connectivity index (χ2n) is 8.90. The van der Waals surface area contributed by atoms with Crippen LogP contribution in [0.25, 0.3) is 0 Å². The van der Waals surface area contributed by atoms with Gasteiger partial charge in [-0.05, 0) is 36.5 Å². The zero-order valence-corrected chi connectivity index (χ0v) is 15.9. The van der Waals surface area contributed by atoms with E-state index in [0.717, 1.165) is 37.2 Å². The molecule has 7 heteroatoms. The summed E-state index contributed by atoms with van der Waals surface area (Å²) in [5, 5.41) is 2.34. The van der Waals surface area contributed by atoms with Crippen LogP contribution in [0.5, 0.6) is 0 Å². The van der Waals surface area contributed by atoms with E-state index in [2.05, 4.69) is 16.3 Å². The Labute approximate surface area is 164 Å². The molecule has 5 rings (SSSR count). The molecule has 3 heterocycles. The molecule has 1 aliphatic carbocycles. The van der Waals surface area contributed by atoms with Crippen molar-refractivity contribution < 1.29 is 14.4 Å². The van der Waals surface area contributed by atoms with Gasteiger partial charge in [0.15, 0.2) is 0 Å². The first-order valence-corrected chi connectivity index (χ1v) is 10.2. The molecule has 1 saturated carbocycles. The Hall–Kier alpha value is -2.25. The maximum atomic E-state index is 12.9. The predicted octanol–water partition coefficient (Wildman–Crippen LogP) is 0.761. The van der Waals surface area contributed by atoms with E-state index >= 15 is 0 Å². The summed E-state index contributed by atoms with van der Waals surface area (Å²) < 4.78 is 0. The lowest BCUT2D eigenvalue weighted by Gasteiger charge is -2.51. The largest absolute Gasteiger partial charge is 0.327 e. The van der Waals surface area contributed by atoms with Crippen molar-refractivity contribution in [2.45, 2.75) is 57.3 Å². The maximum absolute atomic E-state index is 12.9. The van der Waals surface area contributed by atoms with Crippen molar-refractivity contribution in [3.05, 3.63) is 34.9 Å². The molecule has 1 aromatic carbocycles. The minimum atomic E-state index is -0.555. The molecule has 3 aliphatic heterocycles. The number of rotatable bonds is 3. The first kappa shape index (κ1) is 17.8. The van der Waals surface area contributed by atoms with Crippen LogP contribution in [0.1, 0.15) is 53.6 Å². The highest BCUT2D eigenvalue weighted by Gasteiger charge is 2.49. The summed E-state index contributed by atoms with van der Waals surface area (Å²) in [4.78, 5) is 40.5. The normalized spacial score (nSPS) is 29.2. The van der Waals surface area contributed by atoms with Gasteiger partial charge in [-0.1, -0.05) is 18.6 Å². The fourth-order valence-electron chi connectivity index (χ4n) is 5.47. The van der Waals surface area contributed by atoms with Gasteiger partial charge in [0, 0.05) is 49.6 Å². The van der Waals surface area contributed by atoms with E-state index in [9.17, 15) is 14.4 Å². The van der Waals surface area contributed by atoms with Crippen LogP contribution in [0.3, 0.4) is 0 Å². The van der Waals surface area contributed by atoms with Gasteiger partial charge in [0.05, 0.1) is 0 Å². The molecule has 148 valence electrons. The van der Waals surface area contributed by atoms with Crippen LogP contribution in [0, 0.1) is 5.41 Å². The monoisotopic (exact) mass is 382 g/mol. The SMILES string of the molecule is NC1CCCC12CN(Cc1ccc3c(c1)C(=O)N(C1CCC(=O)NC1=O)C3)C2. The number of piperidine rings is 1. The molecule has 2 atom stereocenters. The van der Waals surface area contributed by atoms with Gasteiger partial charge in [0.2, 0.25) is 11.8 Å². The van der Waals surface area contributed by atoms with Gasteiger partial charge >= 0.3 is 0 Å². The van der Waals surface area contributed by atoms with Gasteiger partial charge in [-0.15, -0.1) is 0 Å². The fourth-order valence-corrected chi connectivity index (χ4v) is 5.47. The molecule has 4 aliphatic rings. The number of benzene rings is 1. The number of imide groups is 1. The predicted molar refractivity (Wildman–Crippen MR) is 102 cm³/mol. The van der Waals surface area contributed by atoms with Gasteiger partial charge < -0.3 is 10.6 Å². The smallest absolute Gasteiger partial charge is 0.255 e. The highest BCUT2D eigenvalue weighted by Crippen LogP contribution is 2.45. The van der Waals surface area contributed by atoms with Crippen LogP contribution in [0.2, 0.25) is 0 Å². The summed E-state index contributed by atoms with van der Waals surface area (Å²) in [6.07, 6.45) is 4.28. The summed E-state index contributed by atoms with van der Waals surface area (Å²) in [5.74, 6) is -0.734. The zero-order valence-electron chi connectivity index (χ0n) is 15.9. The summed E-state index contributed by atoms with van der Waals surface area (Å²) in [5.41, 5.74) is 9.38. The molecule has 1 spiro atoms. The highest BCUT2D eigenvalue weighted by atomic mass is 16.2. The van der Waals surface area contributed by atoms with E-state index in [0.29, 0.717) is 30.0 Å². The van der Waals surface area contributed by atoms with Gasteiger partial charge in [0.25, 0.3) is 5.91 Å². The third-order valence-electron chi connectivity index (χ3n) is 7.05. The third kappa shape index (κ3) is 2.76. The second-order valence-corrected chi connectivity index (χ2v) is 8.90. The van der Waals surface area contributed by atoms with Crippen LogP contribution in [-0.2, 0) is 22.7 Å². The lowest BCUT2D eigenvalue weighted by molar-refractivity contribution is -0.136. The molecule has 7 nitrogen and oxygen atoms in total. The molecule has 3 amide bonds. The molecule has 2 unspecified atom stereocenters. The number of hydrogen-bond acceptors (Lipinski definition) is 5. The van der Waals surface area contributed by atoms with Crippen molar-refractivity contribution in [2.24, 2.45) is 11.1 Å². The Balaban J connectivity index is 1.26. The second kappa shape index (κ2) is 6.39. The summed E-state index contributed by atoms with van der Waals surface area (Å²) in [7, 11) is 0. The van der Waals surface area contributed by atoms with Gasteiger partial charge in [-0.2, -0.15) is 0 Å². The highest BCUT2D eigenvalue weighted by molar-refractivity contribution is 6.05. The van der Waals surface area contributed by atoms with Crippen molar-refractivity contribution in [3.63, 3.8) is 0 Å². The number of hydrogen-bond donors (Lipinski definition) is 2. The molecule has 0 radical (unpaired) electrons. The number of carbonyl (C=O) groups is 3. The zero-order chi connectivity index (χ0) is 19.5. The number of nitrogens with one attached hydrogen (secondary N) is 1. The topological polar surface area (TPSA) is 95.7 Å². The molecule has 0 aromatic heterocycles. The minimum Gasteiger partial charge on any atom is -0.327 e. The Morgan fingerprint density at radius 2 is 2.00 bits per heavy atom. The van der Waals surface area contributed by atoms with Crippen molar-refractivity contribution >= 4 is 17.7 Å². The van der Waals surface area contributed by atoms with Gasteiger partial charge in [-0.3, -0.25) is 24.6 Å². The molecule has 3 fully saturated rings. The molecule has 28 heavy (non-hydrogen) atoms. The van der Waals surface area contributed by atoms with Crippen LogP contribution in [0.15, 0.2) is 18.2 Å². The van der Waals surface area contributed by atoms with Gasteiger partial charge in [0.1, 0.15) is 6.04 Å². The average molecular weight is 382 g/mol. The quantitative estimate of drug-likeness (QED) is 0.753. The van der Waals surface area contributed by atoms with Crippen LogP contribution >= 0.6 is 0 Å². The van der Waals surface area contributed by atoms with Crippen LogP contribution in [0.4, 0.5) is 0 Å². The minimum absolute atomic E-state index is 0.107. The van der Waals surface area contributed by atoms with E-state index < -0.39 is 6.04 Å². The van der Waals surface area contributed by atoms with Crippen molar-refractivity contribution in [1.82, 2.24) is 15.1 Å². The summed E-state index contributed by atoms with van der Waals surface area (Å²) >= 11 is 0. The molecular weight excluding hydrogens is 356 g/mol. The molecule has 1 aromatic rings. The standard InChI is InChI=1S/C21H26N4O3/c22-17-2-1-7-21(17)11-24(12-21)9-13-3-4-14-10-25(20(28)15(14)8-13)16-5-6-18(26)23-19(16)27/h3-4,8,16-17H,1-2,5-7,9-12,22H2,(H,23,26,27). The van der Waals surface area contributed by atoms with E-state index in [1.54, 1.807) is 4.90 Å². The number of likely N-dealkylation sites (tertiary alicyclic amines) is 1.